The number of anilines is 1. The lowest BCUT2D eigenvalue weighted by Gasteiger charge is -2.16. The lowest BCUT2D eigenvalue weighted by molar-refractivity contribution is -0.384. The van der Waals surface area contributed by atoms with Crippen molar-refractivity contribution in [3.05, 3.63) is 63.7 Å². The average molecular weight is 314 g/mol. The lowest BCUT2D eigenvalue weighted by atomic mass is 10.1. The summed E-state index contributed by atoms with van der Waals surface area (Å²) in [4.78, 5) is 22.4. The van der Waals surface area contributed by atoms with E-state index in [2.05, 4.69) is 5.32 Å². The molecule has 0 saturated carbocycles. The van der Waals surface area contributed by atoms with Crippen LogP contribution in [0.15, 0.2) is 42.5 Å². The van der Waals surface area contributed by atoms with Gasteiger partial charge in [0, 0.05) is 11.8 Å². The molecule has 1 N–H and O–H groups in total. The Kier molecular flexibility index (Phi) is 4.95. The van der Waals surface area contributed by atoms with Crippen LogP contribution in [0.25, 0.3) is 0 Å². The predicted octanol–water partition coefficient (Wildman–Crippen LogP) is 3.62. The summed E-state index contributed by atoms with van der Waals surface area (Å²) in [5.74, 6) is -0.0362. The summed E-state index contributed by atoms with van der Waals surface area (Å²) >= 11 is 0. The van der Waals surface area contributed by atoms with Crippen LogP contribution in [0.1, 0.15) is 18.1 Å². The minimum atomic E-state index is -0.780. The van der Waals surface area contributed by atoms with Crippen LogP contribution < -0.4 is 10.1 Å². The first-order chi connectivity index (χ1) is 10.9. The lowest BCUT2D eigenvalue weighted by Crippen LogP contribution is -2.30. The number of nitro groups is 1. The molecule has 6 heteroatoms. The number of non-ortho nitro benzene ring substituents is 1. The molecule has 0 aliphatic heterocycles. The molecule has 0 spiro atoms. The minimum Gasteiger partial charge on any atom is -0.481 e. The smallest absolute Gasteiger partial charge is 0.273 e. The Hall–Kier alpha value is -2.89. The number of nitrogens with zero attached hydrogens (tertiary/aromatic N) is 1. The summed E-state index contributed by atoms with van der Waals surface area (Å²) in [7, 11) is 0. The molecule has 0 aliphatic carbocycles. The highest BCUT2D eigenvalue weighted by atomic mass is 16.6. The van der Waals surface area contributed by atoms with Gasteiger partial charge in [-0.05, 0) is 38.5 Å². The first-order valence-electron chi connectivity index (χ1n) is 7.16. The fraction of sp³-hybridized carbons (Fsp3) is 0.235. The Morgan fingerprint density at radius 1 is 1.22 bits per heavy atom. The topological polar surface area (TPSA) is 81.5 Å². The molecule has 6 nitrogen and oxygen atoms in total. The second-order valence-electron chi connectivity index (χ2n) is 5.32. The summed E-state index contributed by atoms with van der Waals surface area (Å²) in [5.41, 5.74) is 2.71. The SMILES string of the molecule is Cc1ccc(NC(=O)[C@@H](C)Oc2cccc([N+](=O)[O-])c2)c(C)c1. The van der Waals surface area contributed by atoms with Gasteiger partial charge >= 0.3 is 0 Å². The highest BCUT2D eigenvalue weighted by Gasteiger charge is 2.17. The van der Waals surface area contributed by atoms with E-state index in [1.807, 2.05) is 32.0 Å². The van der Waals surface area contributed by atoms with E-state index < -0.39 is 11.0 Å². The molecule has 2 rings (SSSR count). The average Bonchev–Trinajstić information content (AvgIpc) is 2.50. The van der Waals surface area contributed by atoms with Crippen molar-refractivity contribution >= 4 is 17.3 Å². The van der Waals surface area contributed by atoms with Crippen LogP contribution in [0.5, 0.6) is 5.75 Å². The van der Waals surface area contributed by atoms with E-state index in [4.69, 9.17) is 4.74 Å². The first-order valence-corrected chi connectivity index (χ1v) is 7.16. The molecule has 0 fully saturated rings. The Morgan fingerprint density at radius 2 is 1.96 bits per heavy atom. The van der Waals surface area contributed by atoms with Crippen LogP contribution in [0.2, 0.25) is 0 Å². The summed E-state index contributed by atoms with van der Waals surface area (Å²) in [6.07, 6.45) is -0.780. The molecule has 0 aromatic heterocycles. The van der Waals surface area contributed by atoms with Crippen LogP contribution in [-0.4, -0.2) is 16.9 Å². The number of nitro benzene ring substituents is 1. The molecule has 0 saturated heterocycles. The molecule has 1 atom stereocenters. The molecule has 1 amide bonds. The van der Waals surface area contributed by atoms with E-state index in [1.54, 1.807) is 13.0 Å². The van der Waals surface area contributed by atoms with E-state index in [-0.39, 0.29) is 17.3 Å². The number of nitrogens with one attached hydrogen (secondary N) is 1. The van der Waals surface area contributed by atoms with Crippen molar-refractivity contribution in [2.45, 2.75) is 26.9 Å². The van der Waals surface area contributed by atoms with E-state index in [1.165, 1.54) is 18.2 Å². The van der Waals surface area contributed by atoms with Crippen LogP contribution in [0.3, 0.4) is 0 Å². The molecule has 23 heavy (non-hydrogen) atoms. The van der Waals surface area contributed by atoms with Crippen molar-refractivity contribution in [2.24, 2.45) is 0 Å². The van der Waals surface area contributed by atoms with E-state index in [0.717, 1.165) is 16.8 Å². The molecule has 0 unspecified atom stereocenters. The fourth-order valence-electron chi connectivity index (χ4n) is 2.12. The van der Waals surface area contributed by atoms with Crippen molar-refractivity contribution in [1.29, 1.82) is 0 Å². The van der Waals surface area contributed by atoms with Gasteiger partial charge in [0.2, 0.25) is 0 Å². The summed E-state index contributed by atoms with van der Waals surface area (Å²) in [6.45, 7) is 5.49. The maximum absolute atomic E-state index is 12.2. The molecule has 2 aromatic carbocycles. The molecular formula is C17H18N2O4. The second kappa shape index (κ2) is 6.91. The van der Waals surface area contributed by atoms with Gasteiger partial charge in [-0.25, -0.2) is 0 Å². The van der Waals surface area contributed by atoms with Gasteiger partial charge in [0.1, 0.15) is 5.75 Å². The fourth-order valence-corrected chi connectivity index (χ4v) is 2.12. The first kappa shape index (κ1) is 16.5. The number of hydrogen-bond acceptors (Lipinski definition) is 4. The molecule has 0 bridgehead atoms. The second-order valence-corrected chi connectivity index (χ2v) is 5.32. The molecular weight excluding hydrogens is 296 g/mol. The third-order valence-electron chi connectivity index (χ3n) is 3.35. The maximum Gasteiger partial charge on any atom is 0.273 e. The van der Waals surface area contributed by atoms with Gasteiger partial charge in [-0.3, -0.25) is 14.9 Å². The van der Waals surface area contributed by atoms with E-state index in [0.29, 0.717) is 0 Å². The van der Waals surface area contributed by atoms with Gasteiger partial charge in [-0.15, -0.1) is 0 Å². The van der Waals surface area contributed by atoms with Gasteiger partial charge in [-0.1, -0.05) is 23.8 Å². The van der Waals surface area contributed by atoms with Gasteiger partial charge in [0.05, 0.1) is 11.0 Å². The van der Waals surface area contributed by atoms with E-state index in [9.17, 15) is 14.9 Å². The maximum atomic E-state index is 12.2. The number of hydrogen-bond donors (Lipinski definition) is 1. The van der Waals surface area contributed by atoms with Crippen LogP contribution >= 0.6 is 0 Å². The standard InChI is InChI=1S/C17H18N2O4/c1-11-7-8-16(12(2)9-11)18-17(20)13(3)23-15-6-4-5-14(10-15)19(21)22/h4-10,13H,1-3H3,(H,18,20)/t13-/m1/s1. The number of carbonyl (C=O) groups excluding carboxylic acids is 1. The highest BCUT2D eigenvalue weighted by molar-refractivity contribution is 5.94. The van der Waals surface area contributed by atoms with Crippen molar-refractivity contribution in [3.8, 4) is 5.75 Å². The molecule has 0 radical (unpaired) electrons. The Bertz CT molecular complexity index is 743. The summed E-state index contributed by atoms with van der Waals surface area (Å²) in [5, 5.41) is 13.5. The quantitative estimate of drug-likeness (QED) is 0.675. The van der Waals surface area contributed by atoms with Crippen molar-refractivity contribution in [2.75, 3.05) is 5.32 Å². The van der Waals surface area contributed by atoms with Crippen molar-refractivity contribution in [1.82, 2.24) is 0 Å². The van der Waals surface area contributed by atoms with Crippen LogP contribution in [0, 0.1) is 24.0 Å². The minimum absolute atomic E-state index is 0.0792. The van der Waals surface area contributed by atoms with Crippen molar-refractivity contribution in [3.63, 3.8) is 0 Å². The summed E-state index contributed by atoms with van der Waals surface area (Å²) < 4.78 is 5.49. The number of benzene rings is 2. The van der Waals surface area contributed by atoms with Gasteiger partial charge < -0.3 is 10.1 Å². The van der Waals surface area contributed by atoms with Crippen molar-refractivity contribution < 1.29 is 14.5 Å². The molecule has 120 valence electrons. The molecule has 2 aromatic rings. The number of rotatable bonds is 5. The number of amides is 1. The van der Waals surface area contributed by atoms with Crippen LogP contribution in [-0.2, 0) is 4.79 Å². The Labute approximate surface area is 134 Å². The number of ether oxygens (including phenoxy) is 1. The zero-order valence-electron chi connectivity index (χ0n) is 13.2. The zero-order valence-corrected chi connectivity index (χ0v) is 13.2. The third-order valence-corrected chi connectivity index (χ3v) is 3.35. The molecule has 0 aliphatic rings. The Morgan fingerprint density at radius 3 is 2.61 bits per heavy atom. The third kappa shape index (κ3) is 4.29. The highest BCUT2D eigenvalue weighted by Crippen LogP contribution is 2.21. The predicted molar refractivity (Wildman–Crippen MR) is 87.7 cm³/mol. The van der Waals surface area contributed by atoms with Gasteiger partial charge in [0.15, 0.2) is 6.10 Å². The normalized spacial score (nSPS) is 11.6. The Balaban J connectivity index is 2.05. The largest absolute Gasteiger partial charge is 0.481 e. The zero-order chi connectivity index (χ0) is 17.0. The number of aryl methyl sites for hydroxylation is 2. The van der Waals surface area contributed by atoms with Crippen LogP contribution in [0.4, 0.5) is 11.4 Å². The van der Waals surface area contributed by atoms with E-state index >= 15 is 0 Å². The molecule has 0 heterocycles. The summed E-state index contributed by atoms with van der Waals surface area (Å²) in [6, 6.07) is 11.5. The van der Waals surface area contributed by atoms with Gasteiger partial charge in [-0.2, -0.15) is 0 Å². The number of carbonyl (C=O) groups is 1. The van der Waals surface area contributed by atoms with Gasteiger partial charge in [0.25, 0.3) is 11.6 Å². The monoisotopic (exact) mass is 314 g/mol.